The van der Waals surface area contributed by atoms with E-state index in [1.54, 1.807) is 54.6 Å². The van der Waals surface area contributed by atoms with Gasteiger partial charge in [-0.15, -0.1) is 0 Å². The number of hydrogen-bond donors (Lipinski definition) is 2. The third-order valence-corrected chi connectivity index (χ3v) is 7.76. The van der Waals surface area contributed by atoms with Gasteiger partial charge < -0.3 is 10.1 Å². The minimum absolute atomic E-state index is 0.115. The smallest absolute Gasteiger partial charge is 0.262 e. The van der Waals surface area contributed by atoms with E-state index in [-0.39, 0.29) is 30.5 Å². The Morgan fingerprint density at radius 2 is 1.39 bits per heavy atom. The Balaban J connectivity index is 1.30. The lowest BCUT2D eigenvalue weighted by atomic mass is 10.1. The molecule has 0 fully saturated rings. The Bertz CT molecular complexity index is 1550. The van der Waals surface area contributed by atoms with Gasteiger partial charge in [0.2, 0.25) is 10.0 Å². The summed E-state index contributed by atoms with van der Waals surface area (Å²) in [5.41, 5.74) is 4.72. The molecule has 0 saturated carbocycles. The highest BCUT2D eigenvalue weighted by molar-refractivity contribution is 7.89. The molecule has 0 aliphatic rings. The van der Waals surface area contributed by atoms with Gasteiger partial charge in [-0.3, -0.25) is 9.59 Å². The van der Waals surface area contributed by atoms with Crippen molar-refractivity contribution in [3.63, 3.8) is 0 Å². The lowest BCUT2D eigenvalue weighted by Gasteiger charge is -2.21. The van der Waals surface area contributed by atoms with Crippen molar-refractivity contribution in [2.45, 2.75) is 11.3 Å². The Hall–Kier alpha value is -4.80. The number of carbonyl (C=O) groups excluding carboxylic acids is 2. The predicted molar refractivity (Wildman–Crippen MR) is 158 cm³/mol. The van der Waals surface area contributed by atoms with Crippen LogP contribution in [0.25, 0.3) is 0 Å². The number of amides is 2. The second-order valence-corrected chi connectivity index (χ2v) is 10.9. The van der Waals surface area contributed by atoms with Gasteiger partial charge in [0.05, 0.1) is 17.7 Å². The van der Waals surface area contributed by atoms with Crippen LogP contribution in [0, 0.1) is 0 Å². The quantitative estimate of drug-likeness (QED) is 0.186. The summed E-state index contributed by atoms with van der Waals surface area (Å²) in [5.74, 6) is -0.357. The van der Waals surface area contributed by atoms with Crippen LogP contribution in [0.4, 0.5) is 5.69 Å². The summed E-state index contributed by atoms with van der Waals surface area (Å²) in [4.78, 5) is 24.8. The summed E-state index contributed by atoms with van der Waals surface area (Å²) in [6.07, 6.45) is 1.88. The Morgan fingerprint density at radius 3 is 2.05 bits per heavy atom. The SMILES string of the molecule is O=C(CN(CCc1ccccc1)S(=O)(=O)c1ccccc1)N/N=C\c1ccc(OCC(=O)Nc2ccccc2)cc1. The highest BCUT2D eigenvalue weighted by atomic mass is 32.2. The summed E-state index contributed by atoms with van der Waals surface area (Å²) in [6.45, 7) is -0.409. The maximum Gasteiger partial charge on any atom is 0.262 e. The van der Waals surface area contributed by atoms with E-state index in [1.165, 1.54) is 18.3 Å². The zero-order valence-corrected chi connectivity index (χ0v) is 23.0. The van der Waals surface area contributed by atoms with E-state index in [0.29, 0.717) is 23.4 Å². The van der Waals surface area contributed by atoms with Gasteiger partial charge in [-0.1, -0.05) is 66.7 Å². The first-order chi connectivity index (χ1) is 19.9. The molecule has 0 bridgehead atoms. The van der Waals surface area contributed by atoms with Crippen LogP contribution in [0.2, 0.25) is 0 Å². The Morgan fingerprint density at radius 1 is 0.780 bits per heavy atom. The van der Waals surface area contributed by atoms with Crippen molar-refractivity contribution >= 4 is 33.7 Å². The molecular formula is C31H30N4O5S. The first-order valence-electron chi connectivity index (χ1n) is 12.9. The molecule has 10 heteroatoms. The number of carbonyl (C=O) groups is 2. The molecule has 0 saturated heterocycles. The monoisotopic (exact) mass is 570 g/mol. The zero-order valence-electron chi connectivity index (χ0n) is 22.2. The van der Waals surface area contributed by atoms with Gasteiger partial charge in [0.25, 0.3) is 11.8 Å². The van der Waals surface area contributed by atoms with Crippen LogP contribution in [-0.2, 0) is 26.0 Å². The van der Waals surface area contributed by atoms with Crippen LogP contribution in [-0.4, -0.2) is 50.4 Å². The van der Waals surface area contributed by atoms with E-state index in [0.717, 1.165) is 9.87 Å². The largest absolute Gasteiger partial charge is 0.484 e. The normalized spacial score (nSPS) is 11.3. The molecule has 0 atom stereocenters. The van der Waals surface area contributed by atoms with Crippen LogP contribution in [0.3, 0.4) is 0 Å². The lowest BCUT2D eigenvalue weighted by Crippen LogP contribution is -2.40. The van der Waals surface area contributed by atoms with Gasteiger partial charge in [-0.05, 0) is 66.1 Å². The van der Waals surface area contributed by atoms with Gasteiger partial charge >= 0.3 is 0 Å². The van der Waals surface area contributed by atoms with Gasteiger partial charge in [0.15, 0.2) is 6.61 Å². The molecule has 2 amide bonds. The number of rotatable bonds is 13. The fourth-order valence-electron chi connectivity index (χ4n) is 3.82. The summed E-state index contributed by atoms with van der Waals surface area (Å²) in [7, 11) is -3.90. The van der Waals surface area contributed by atoms with Crippen LogP contribution in [0.5, 0.6) is 5.75 Å². The van der Waals surface area contributed by atoms with E-state index >= 15 is 0 Å². The van der Waals surface area contributed by atoms with E-state index in [1.807, 2.05) is 48.5 Å². The lowest BCUT2D eigenvalue weighted by molar-refractivity contribution is -0.121. The summed E-state index contributed by atoms with van der Waals surface area (Å²) >= 11 is 0. The van der Waals surface area contributed by atoms with E-state index in [4.69, 9.17) is 4.74 Å². The van der Waals surface area contributed by atoms with Gasteiger partial charge in [-0.25, -0.2) is 13.8 Å². The Kier molecular flexibility index (Phi) is 10.4. The molecule has 4 aromatic carbocycles. The van der Waals surface area contributed by atoms with Crippen LogP contribution in [0.1, 0.15) is 11.1 Å². The van der Waals surface area contributed by atoms with Gasteiger partial charge in [0, 0.05) is 12.2 Å². The van der Waals surface area contributed by atoms with Crippen molar-refractivity contribution in [2.75, 3.05) is 25.0 Å². The number of nitrogens with zero attached hydrogens (tertiary/aromatic N) is 2. The molecular weight excluding hydrogens is 540 g/mol. The van der Waals surface area contributed by atoms with Crippen molar-refractivity contribution in [1.82, 2.24) is 9.73 Å². The molecule has 0 aliphatic heterocycles. The average molecular weight is 571 g/mol. The number of benzene rings is 4. The molecule has 0 radical (unpaired) electrons. The first kappa shape index (κ1) is 29.2. The molecule has 0 unspecified atom stereocenters. The summed E-state index contributed by atoms with van der Waals surface area (Å²) in [6, 6.07) is 33.4. The van der Waals surface area contributed by atoms with Crippen molar-refractivity contribution in [2.24, 2.45) is 5.10 Å². The average Bonchev–Trinajstić information content (AvgIpc) is 3.00. The first-order valence-corrected chi connectivity index (χ1v) is 14.3. The van der Waals surface area contributed by atoms with Gasteiger partial charge in [0.1, 0.15) is 5.75 Å². The second-order valence-electron chi connectivity index (χ2n) is 8.95. The van der Waals surface area contributed by atoms with Crippen molar-refractivity contribution in [1.29, 1.82) is 0 Å². The standard InChI is InChI=1S/C31H30N4O5S/c36-30(23-35(21-20-25-10-4-1-5-11-25)41(38,39)29-14-8-3-9-15-29)34-32-22-26-16-18-28(19-17-26)40-24-31(37)33-27-12-6-2-7-13-27/h1-19,22H,20-21,23-24H2,(H,33,37)(H,34,36)/b32-22-. The number of anilines is 1. The number of hydrogen-bond acceptors (Lipinski definition) is 6. The summed E-state index contributed by atoms with van der Waals surface area (Å²) < 4.78 is 33.2. The second kappa shape index (κ2) is 14.5. The third-order valence-electron chi connectivity index (χ3n) is 5.90. The molecule has 2 N–H and O–H groups in total. The zero-order chi connectivity index (χ0) is 28.9. The molecule has 41 heavy (non-hydrogen) atoms. The molecule has 4 aromatic rings. The molecule has 9 nitrogen and oxygen atoms in total. The van der Waals surface area contributed by atoms with E-state index in [9.17, 15) is 18.0 Å². The highest BCUT2D eigenvalue weighted by Gasteiger charge is 2.26. The molecule has 0 aromatic heterocycles. The molecule has 4 rings (SSSR count). The molecule has 0 heterocycles. The molecule has 0 aliphatic carbocycles. The fourth-order valence-corrected chi connectivity index (χ4v) is 5.23. The van der Waals surface area contributed by atoms with Crippen LogP contribution >= 0.6 is 0 Å². The maximum absolute atomic E-state index is 13.3. The number of nitrogens with one attached hydrogen (secondary N) is 2. The van der Waals surface area contributed by atoms with Crippen molar-refractivity contribution in [3.8, 4) is 5.75 Å². The molecule has 210 valence electrons. The number of hydrazone groups is 1. The number of ether oxygens (including phenoxy) is 1. The summed E-state index contributed by atoms with van der Waals surface area (Å²) in [5, 5.41) is 6.71. The minimum Gasteiger partial charge on any atom is -0.484 e. The van der Waals surface area contributed by atoms with Crippen molar-refractivity contribution < 1.29 is 22.7 Å². The maximum atomic E-state index is 13.3. The minimum atomic E-state index is -3.90. The fraction of sp³-hybridized carbons (Fsp3) is 0.129. The van der Waals surface area contributed by atoms with Crippen LogP contribution < -0.4 is 15.5 Å². The van der Waals surface area contributed by atoms with Gasteiger partial charge in [-0.2, -0.15) is 9.41 Å². The Labute approximate surface area is 239 Å². The van der Waals surface area contributed by atoms with E-state index < -0.39 is 15.9 Å². The van der Waals surface area contributed by atoms with Crippen molar-refractivity contribution in [3.05, 3.63) is 126 Å². The van der Waals surface area contributed by atoms with E-state index in [2.05, 4.69) is 15.8 Å². The number of para-hydroxylation sites is 1. The number of sulfonamides is 1. The molecule has 0 spiro atoms. The highest BCUT2D eigenvalue weighted by Crippen LogP contribution is 2.16. The van der Waals surface area contributed by atoms with Crippen LogP contribution in [0.15, 0.2) is 125 Å². The predicted octanol–water partition coefficient (Wildman–Crippen LogP) is 4.09. The topological polar surface area (TPSA) is 117 Å². The third kappa shape index (κ3) is 9.13.